The molecule has 0 spiro atoms. The highest BCUT2D eigenvalue weighted by molar-refractivity contribution is 6.19. The van der Waals surface area contributed by atoms with Crippen molar-refractivity contribution < 1.29 is 4.42 Å². The van der Waals surface area contributed by atoms with E-state index in [4.69, 9.17) is 9.40 Å². The van der Waals surface area contributed by atoms with Crippen molar-refractivity contribution in [3.05, 3.63) is 243 Å². The van der Waals surface area contributed by atoms with Gasteiger partial charge >= 0.3 is 0 Å². The number of para-hydroxylation sites is 4. The summed E-state index contributed by atoms with van der Waals surface area (Å²) in [5.74, 6) is 0.616. The molecule has 10 aromatic carbocycles. The molecule has 0 fully saturated rings. The number of oxazole rings is 1. The Bertz CT molecular complexity index is 3260. The Morgan fingerprint density at radius 2 is 0.677 bits per heavy atom. The molecule has 0 amide bonds. The molecule has 0 radical (unpaired) electrons. The molecule has 1 aromatic heterocycles. The average molecular weight is 797 g/mol. The molecule has 11 rings (SSSR count). The number of fused-ring (bicyclic) bond motifs is 5. The zero-order valence-electron chi connectivity index (χ0n) is 33.8. The Labute approximate surface area is 360 Å². The Kier molecular flexibility index (Phi) is 9.45. The zero-order valence-corrected chi connectivity index (χ0v) is 33.8. The van der Waals surface area contributed by atoms with E-state index < -0.39 is 0 Å². The molecule has 0 saturated heterocycles. The molecule has 0 aliphatic rings. The SMILES string of the molecule is c1ccc(-c2nc3c(ccc4ccc5ccc(N(c6ccccc6)c6cccc(N(c7ccccc7)c7cccc(N(c8ccccc8)c8ccccc8)c7)c6)cc5c43)o2)cc1. The Morgan fingerprint density at radius 3 is 1.16 bits per heavy atom. The van der Waals surface area contributed by atoms with Crippen LogP contribution in [0.4, 0.5) is 51.2 Å². The molecule has 62 heavy (non-hydrogen) atoms. The van der Waals surface area contributed by atoms with Crippen molar-refractivity contribution >= 4 is 83.8 Å². The average Bonchev–Trinajstić information content (AvgIpc) is 3.79. The van der Waals surface area contributed by atoms with Gasteiger partial charge in [-0.25, -0.2) is 4.98 Å². The van der Waals surface area contributed by atoms with Crippen LogP contribution in [0.25, 0.3) is 44.1 Å². The van der Waals surface area contributed by atoms with Crippen molar-refractivity contribution in [1.82, 2.24) is 4.98 Å². The molecular weight excluding hydrogens is 757 g/mol. The Hall–Kier alpha value is -8.41. The maximum atomic E-state index is 6.37. The molecule has 5 heteroatoms. The van der Waals surface area contributed by atoms with Gasteiger partial charge in [-0.3, -0.25) is 0 Å². The van der Waals surface area contributed by atoms with Gasteiger partial charge in [-0.15, -0.1) is 0 Å². The molecule has 5 nitrogen and oxygen atoms in total. The molecular formula is C57H40N4O. The summed E-state index contributed by atoms with van der Waals surface area (Å²) in [5, 5.41) is 4.43. The summed E-state index contributed by atoms with van der Waals surface area (Å²) in [7, 11) is 0. The molecule has 0 unspecified atom stereocenters. The molecule has 0 aliphatic carbocycles. The number of anilines is 9. The van der Waals surface area contributed by atoms with Gasteiger partial charge in [-0.1, -0.05) is 127 Å². The summed E-state index contributed by atoms with van der Waals surface area (Å²) < 4.78 is 6.37. The highest BCUT2D eigenvalue weighted by Crippen LogP contribution is 2.44. The standard InChI is InChI=1S/C57H40N4O/c1-6-18-43(19-7-1)57-58-56-54(62-57)37-35-42-33-32-41-34-36-52(40-53(41)55(42)56)61(47-26-14-5-15-27-47)51-31-17-30-50(39-51)60(46-24-12-4-13-25-46)49-29-16-28-48(38-49)59(44-20-8-2-9-21-44)45-22-10-3-11-23-45/h1-40H. The van der Waals surface area contributed by atoms with E-state index in [9.17, 15) is 0 Å². The van der Waals surface area contributed by atoms with Gasteiger partial charge in [0.05, 0.1) is 0 Å². The third-order valence-electron chi connectivity index (χ3n) is 11.4. The number of nitrogens with zero attached hydrogens (tertiary/aromatic N) is 4. The molecule has 11 aromatic rings. The minimum absolute atomic E-state index is 0.616. The number of benzene rings is 10. The lowest BCUT2D eigenvalue weighted by Crippen LogP contribution is -2.14. The first kappa shape index (κ1) is 36.7. The minimum Gasteiger partial charge on any atom is -0.436 e. The van der Waals surface area contributed by atoms with Gasteiger partial charge in [-0.05, 0) is 131 Å². The van der Waals surface area contributed by atoms with Crippen LogP contribution in [0.15, 0.2) is 247 Å². The van der Waals surface area contributed by atoms with E-state index in [1.165, 1.54) is 0 Å². The number of hydrogen-bond acceptors (Lipinski definition) is 5. The normalized spacial score (nSPS) is 11.2. The second kappa shape index (κ2) is 16.0. The quantitative estimate of drug-likeness (QED) is 0.129. The zero-order chi connectivity index (χ0) is 41.2. The van der Waals surface area contributed by atoms with Crippen LogP contribution < -0.4 is 14.7 Å². The van der Waals surface area contributed by atoms with Crippen molar-refractivity contribution in [2.45, 2.75) is 0 Å². The molecule has 0 saturated carbocycles. The largest absolute Gasteiger partial charge is 0.436 e. The number of rotatable bonds is 10. The second-order valence-electron chi connectivity index (χ2n) is 15.3. The molecule has 294 valence electrons. The maximum Gasteiger partial charge on any atom is 0.227 e. The highest BCUT2D eigenvalue weighted by Gasteiger charge is 2.21. The first-order valence-electron chi connectivity index (χ1n) is 20.9. The van der Waals surface area contributed by atoms with Crippen molar-refractivity contribution in [2.75, 3.05) is 14.7 Å². The van der Waals surface area contributed by atoms with Gasteiger partial charge in [0.15, 0.2) is 5.58 Å². The predicted molar refractivity (Wildman–Crippen MR) is 259 cm³/mol. The first-order valence-corrected chi connectivity index (χ1v) is 20.9. The highest BCUT2D eigenvalue weighted by atomic mass is 16.3. The van der Waals surface area contributed by atoms with E-state index in [2.05, 4.69) is 221 Å². The van der Waals surface area contributed by atoms with E-state index >= 15 is 0 Å². The van der Waals surface area contributed by atoms with Crippen molar-refractivity contribution in [2.24, 2.45) is 0 Å². The topological polar surface area (TPSA) is 35.8 Å². The number of hydrogen-bond donors (Lipinski definition) is 0. The molecule has 0 aliphatic heterocycles. The Balaban J connectivity index is 1.06. The van der Waals surface area contributed by atoms with E-state index in [0.717, 1.165) is 89.4 Å². The fraction of sp³-hybridized carbons (Fsp3) is 0. The van der Waals surface area contributed by atoms with Crippen LogP contribution in [-0.2, 0) is 0 Å². The third kappa shape index (κ3) is 6.87. The van der Waals surface area contributed by atoms with Crippen molar-refractivity contribution in [1.29, 1.82) is 0 Å². The van der Waals surface area contributed by atoms with Crippen LogP contribution in [0.3, 0.4) is 0 Å². The van der Waals surface area contributed by atoms with Crippen molar-refractivity contribution in [3.63, 3.8) is 0 Å². The van der Waals surface area contributed by atoms with Gasteiger partial charge in [0.1, 0.15) is 5.52 Å². The lowest BCUT2D eigenvalue weighted by atomic mass is 10.00. The van der Waals surface area contributed by atoms with E-state index in [1.807, 2.05) is 36.4 Å². The molecule has 0 atom stereocenters. The van der Waals surface area contributed by atoms with Crippen LogP contribution >= 0.6 is 0 Å². The summed E-state index contributed by atoms with van der Waals surface area (Å²) in [6.45, 7) is 0. The van der Waals surface area contributed by atoms with Gasteiger partial charge in [0.2, 0.25) is 5.89 Å². The molecule has 1 heterocycles. The Morgan fingerprint density at radius 1 is 0.306 bits per heavy atom. The van der Waals surface area contributed by atoms with E-state index in [1.54, 1.807) is 0 Å². The summed E-state index contributed by atoms with van der Waals surface area (Å²) in [6, 6.07) is 85.3. The first-order chi connectivity index (χ1) is 30.7. The summed E-state index contributed by atoms with van der Waals surface area (Å²) in [6.07, 6.45) is 0. The predicted octanol–water partition coefficient (Wildman–Crippen LogP) is 16.2. The lowest BCUT2D eigenvalue weighted by Gasteiger charge is -2.31. The fourth-order valence-electron chi connectivity index (χ4n) is 8.55. The van der Waals surface area contributed by atoms with E-state index in [-0.39, 0.29) is 0 Å². The van der Waals surface area contributed by atoms with Gasteiger partial charge in [0, 0.05) is 62.1 Å². The lowest BCUT2D eigenvalue weighted by molar-refractivity contribution is 0.620. The fourth-order valence-corrected chi connectivity index (χ4v) is 8.55. The van der Waals surface area contributed by atoms with Crippen LogP contribution in [0, 0.1) is 0 Å². The minimum atomic E-state index is 0.616. The van der Waals surface area contributed by atoms with E-state index in [0.29, 0.717) is 5.89 Å². The van der Waals surface area contributed by atoms with Crippen molar-refractivity contribution in [3.8, 4) is 11.5 Å². The summed E-state index contributed by atoms with van der Waals surface area (Å²) >= 11 is 0. The maximum absolute atomic E-state index is 6.37. The second-order valence-corrected chi connectivity index (χ2v) is 15.3. The van der Waals surface area contributed by atoms with Gasteiger partial charge < -0.3 is 19.1 Å². The van der Waals surface area contributed by atoms with Crippen LogP contribution in [-0.4, -0.2) is 4.98 Å². The third-order valence-corrected chi connectivity index (χ3v) is 11.4. The van der Waals surface area contributed by atoms with Gasteiger partial charge in [-0.2, -0.15) is 0 Å². The summed E-state index contributed by atoms with van der Waals surface area (Å²) in [4.78, 5) is 12.1. The van der Waals surface area contributed by atoms with Crippen LogP contribution in [0.5, 0.6) is 0 Å². The molecule has 0 N–H and O–H groups in total. The smallest absolute Gasteiger partial charge is 0.227 e. The van der Waals surface area contributed by atoms with Crippen LogP contribution in [0.2, 0.25) is 0 Å². The van der Waals surface area contributed by atoms with Crippen LogP contribution in [0.1, 0.15) is 0 Å². The van der Waals surface area contributed by atoms with Gasteiger partial charge in [0.25, 0.3) is 0 Å². The molecule has 0 bridgehead atoms. The monoisotopic (exact) mass is 796 g/mol. The number of aromatic nitrogens is 1. The summed E-state index contributed by atoms with van der Waals surface area (Å²) in [5.41, 5.74) is 12.1.